The van der Waals surface area contributed by atoms with Crippen molar-refractivity contribution in [1.29, 1.82) is 0 Å². The van der Waals surface area contributed by atoms with Gasteiger partial charge in [-0.15, -0.1) is 0 Å². The number of hydrogen-bond donors (Lipinski definition) is 0. The van der Waals surface area contributed by atoms with E-state index in [2.05, 4.69) is 5.10 Å². The Morgan fingerprint density at radius 3 is 3.24 bits per heavy atom. The van der Waals surface area contributed by atoms with E-state index in [1.807, 2.05) is 35.1 Å². The Morgan fingerprint density at radius 2 is 2.35 bits per heavy atom. The normalized spacial score (nSPS) is 14.4. The number of methoxy groups -OCH3 is 1. The lowest BCUT2D eigenvalue weighted by Crippen LogP contribution is -2.12. The summed E-state index contributed by atoms with van der Waals surface area (Å²) in [5, 5.41) is 4.42. The average Bonchev–Trinajstić information content (AvgIpc) is 2.82. The molecule has 0 atom stereocenters. The standard InChI is InChI=1S/C13H14N2O2/c1-16-12-4-2-3-11(7-12)15-13-9-17-6-5-10(13)8-14-15/h2-4,7-8H,5-6,9H2,1H3. The maximum Gasteiger partial charge on any atom is 0.121 e. The molecule has 17 heavy (non-hydrogen) atoms. The largest absolute Gasteiger partial charge is 0.497 e. The number of benzene rings is 1. The molecule has 1 aliphatic rings. The molecule has 0 N–H and O–H groups in total. The first-order valence-corrected chi connectivity index (χ1v) is 5.66. The monoisotopic (exact) mass is 230 g/mol. The van der Waals surface area contributed by atoms with E-state index >= 15 is 0 Å². The highest BCUT2D eigenvalue weighted by molar-refractivity contribution is 5.41. The first-order chi connectivity index (χ1) is 8.38. The van der Waals surface area contributed by atoms with Gasteiger partial charge < -0.3 is 9.47 Å². The minimum absolute atomic E-state index is 0.631. The minimum Gasteiger partial charge on any atom is -0.497 e. The van der Waals surface area contributed by atoms with Crippen LogP contribution >= 0.6 is 0 Å². The third kappa shape index (κ3) is 1.80. The second-order valence-electron chi connectivity index (χ2n) is 4.03. The zero-order valence-corrected chi connectivity index (χ0v) is 9.72. The summed E-state index contributed by atoms with van der Waals surface area (Å²) in [7, 11) is 1.67. The van der Waals surface area contributed by atoms with E-state index in [9.17, 15) is 0 Å². The van der Waals surface area contributed by atoms with Gasteiger partial charge in [0.15, 0.2) is 0 Å². The van der Waals surface area contributed by atoms with Crippen LogP contribution in [0.1, 0.15) is 11.3 Å². The quantitative estimate of drug-likeness (QED) is 0.791. The van der Waals surface area contributed by atoms with Gasteiger partial charge in [-0.05, 0) is 24.1 Å². The molecule has 1 aliphatic heterocycles. The van der Waals surface area contributed by atoms with Crippen molar-refractivity contribution in [2.45, 2.75) is 13.0 Å². The van der Waals surface area contributed by atoms with Crippen molar-refractivity contribution in [2.75, 3.05) is 13.7 Å². The van der Waals surface area contributed by atoms with Crippen LogP contribution in [0, 0.1) is 0 Å². The van der Waals surface area contributed by atoms with E-state index in [4.69, 9.17) is 9.47 Å². The summed E-state index contributed by atoms with van der Waals surface area (Å²) in [5.41, 5.74) is 3.43. The molecule has 0 saturated heterocycles. The topological polar surface area (TPSA) is 36.3 Å². The molecule has 0 aliphatic carbocycles. The second-order valence-corrected chi connectivity index (χ2v) is 4.03. The number of rotatable bonds is 2. The first-order valence-electron chi connectivity index (χ1n) is 5.66. The van der Waals surface area contributed by atoms with E-state index in [0.29, 0.717) is 6.61 Å². The van der Waals surface area contributed by atoms with E-state index < -0.39 is 0 Å². The van der Waals surface area contributed by atoms with Crippen molar-refractivity contribution in [1.82, 2.24) is 9.78 Å². The molecular weight excluding hydrogens is 216 g/mol. The van der Waals surface area contributed by atoms with Gasteiger partial charge in [0.2, 0.25) is 0 Å². The van der Waals surface area contributed by atoms with Gasteiger partial charge in [-0.1, -0.05) is 6.07 Å². The Morgan fingerprint density at radius 1 is 1.41 bits per heavy atom. The van der Waals surface area contributed by atoms with Crippen molar-refractivity contribution in [3.8, 4) is 11.4 Å². The van der Waals surface area contributed by atoms with E-state index in [-0.39, 0.29) is 0 Å². The first kappa shape index (κ1) is 10.4. The van der Waals surface area contributed by atoms with Gasteiger partial charge >= 0.3 is 0 Å². The van der Waals surface area contributed by atoms with Crippen LogP contribution in [0.15, 0.2) is 30.5 Å². The van der Waals surface area contributed by atoms with E-state index in [0.717, 1.165) is 30.2 Å². The van der Waals surface area contributed by atoms with Gasteiger partial charge in [0.1, 0.15) is 5.75 Å². The molecular formula is C13H14N2O2. The van der Waals surface area contributed by atoms with Crippen LogP contribution in [0.25, 0.3) is 5.69 Å². The molecule has 0 bridgehead atoms. The zero-order chi connectivity index (χ0) is 11.7. The number of nitrogens with zero attached hydrogens (tertiary/aromatic N) is 2. The molecule has 2 heterocycles. The Kier molecular flexibility index (Phi) is 2.57. The van der Waals surface area contributed by atoms with Gasteiger partial charge in [-0.2, -0.15) is 5.10 Å². The molecule has 0 amide bonds. The highest BCUT2D eigenvalue weighted by Crippen LogP contribution is 2.22. The Labute approximate surface area is 99.8 Å². The molecule has 2 aromatic rings. The fourth-order valence-corrected chi connectivity index (χ4v) is 2.09. The van der Waals surface area contributed by atoms with Gasteiger partial charge in [0.25, 0.3) is 0 Å². The number of ether oxygens (including phenoxy) is 2. The SMILES string of the molecule is COc1cccc(-n2ncc3c2COCC3)c1. The molecule has 0 spiro atoms. The van der Waals surface area contributed by atoms with Crippen LogP contribution in [-0.4, -0.2) is 23.5 Å². The summed E-state index contributed by atoms with van der Waals surface area (Å²) in [6.07, 6.45) is 2.87. The Hall–Kier alpha value is -1.81. The van der Waals surface area contributed by atoms with Crippen LogP contribution in [-0.2, 0) is 17.8 Å². The molecule has 4 heteroatoms. The maximum atomic E-state index is 5.48. The van der Waals surface area contributed by atoms with E-state index in [1.165, 1.54) is 5.56 Å². The summed E-state index contributed by atoms with van der Waals surface area (Å²) in [6, 6.07) is 7.88. The zero-order valence-electron chi connectivity index (χ0n) is 9.72. The summed E-state index contributed by atoms with van der Waals surface area (Å²) < 4.78 is 12.6. The molecule has 0 fully saturated rings. The smallest absolute Gasteiger partial charge is 0.121 e. The fourth-order valence-electron chi connectivity index (χ4n) is 2.09. The fraction of sp³-hybridized carbons (Fsp3) is 0.308. The lowest BCUT2D eigenvalue weighted by Gasteiger charge is -2.15. The summed E-state index contributed by atoms with van der Waals surface area (Å²) in [5.74, 6) is 0.837. The summed E-state index contributed by atoms with van der Waals surface area (Å²) in [6.45, 7) is 1.42. The lowest BCUT2D eigenvalue weighted by molar-refractivity contribution is 0.106. The van der Waals surface area contributed by atoms with Crippen molar-refractivity contribution in [3.63, 3.8) is 0 Å². The predicted molar refractivity (Wildman–Crippen MR) is 63.5 cm³/mol. The van der Waals surface area contributed by atoms with Crippen LogP contribution in [0.5, 0.6) is 5.75 Å². The van der Waals surface area contributed by atoms with Crippen LogP contribution in [0.4, 0.5) is 0 Å². The van der Waals surface area contributed by atoms with Gasteiger partial charge in [0, 0.05) is 6.07 Å². The van der Waals surface area contributed by atoms with Crippen molar-refractivity contribution >= 4 is 0 Å². The summed E-state index contributed by atoms with van der Waals surface area (Å²) >= 11 is 0. The molecule has 0 radical (unpaired) electrons. The minimum atomic E-state index is 0.631. The molecule has 3 rings (SSSR count). The van der Waals surface area contributed by atoms with Crippen molar-refractivity contribution in [2.24, 2.45) is 0 Å². The van der Waals surface area contributed by atoms with Gasteiger partial charge in [-0.3, -0.25) is 0 Å². The van der Waals surface area contributed by atoms with Crippen molar-refractivity contribution < 1.29 is 9.47 Å². The Balaban J connectivity index is 2.05. The molecule has 88 valence electrons. The average molecular weight is 230 g/mol. The third-order valence-corrected chi connectivity index (χ3v) is 3.01. The number of fused-ring (bicyclic) bond motifs is 1. The Bertz CT molecular complexity index is 534. The van der Waals surface area contributed by atoms with Gasteiger partial charge in [0.05, 0.1) is 37.9 Å². The second kappa shape index (κ2) is 4.22. The van der Waals surface area contributed by atoms with E-state index in [1.54, 1.807) is 7.11 Å². The molecule has 4 nitrogen and oxygen atoms in total. The predicted octanol–water partition coefficient (Wildman–Crippen LogP) is 1.95. The summed E-state index contributed by atoms with van der Waals surface area (Å²) in [4.78, 5) is 0. The number of aromatic nitrogens is 2. The highest BCUT2D eigenvalue weighted by atomic mass is 16.5. The lowest BCUT2D eigenvalue weighted by atomic mass is 10.1. The van der Waals surface area contributed by atoms with Crippen LogP contribution in [0.3, 0.4) is 0 Å². The van der Waals surface area contributed by atoms with Crippen LogP contribution < -0.4 is 4.74 Å². The maximum absolute atomic E-state index is 5.48. The van der Waals surface area contributed by atoms with Gasteiger partial charge in [-0.25, -0.2) is 4.68 Å². The number of hydrogen-bond acceptors (Lipinski definition) is 3. The van der Waals surface area contributed by atoms with Crippen LogP contribution in [0.2, 0.25) is 0 Å². The molecule has 0 saturated carbocycles. The molecule has 0 unspecified atom stereocenters. The molecule has 1 aromatic heterocycles. The third-order valence-electron chi connectivity index (χ3n) is 3.01. The molecule has 1 aromatic carbocycles. The highest BCUT2D eigenvalue weighted by Gasteiger charge is 2.16. The van der Waals surface area contributed by atoms with Crippen molar-refractivity contribution in [3.05, 3.63) is 41.7 Å².